The van der Waals surface area contributed by atoms with Crippen molar-refractivity contribution in [1.82, 2.24) is 15.5 Å². The molecule has 4 rings (SSSR count). The highest BCUT2D eigenvalue weighted by Crippen LogP contribution is 2.24. The third-order valence-corrected chi connectivity index (χ3v) is 6.84. The molecule has 3 amide bonds. The Morgan fingerprint density at radius 2 is 1.42 bits per heavy atom. The maximum absolute atomic E-state index is 14.2. The normalized spacial score (nSPS) is 11.4. The van der Waals surface area contributed by atoms with Gasteiger partial charge in [-0.25, -0.2) is 4.79 Å². The van der Waals surface area contributed by atoms with Gasteiger partial charge in [-0.05, 0) is 40.5 Å². The zero-order valence-corrected chi connectivity index (χ0v) is 23.3. The van der Waals surface area contributed by atoms with Crippen LogP contribution in [0, 0.1) is 5.41 Å². The van der Waals surface area contributed by atoms with E-state index in [0.29, 0.717) is 16.7 Å². The van der Waals surface area contributed by atoms with Crippen LogP contribution >= 0.6 is 0 Å². The zero-order valence-electron chi connectivity index (χ0n) is 23.3. The van der Waals surface area contributed by atoms with E-state index < -0.39 is 36.5 Å². The van der Waals surface area contributed by atoms with Crippen LogP contribution in [0.1, 0.15) is 33.9 Å². The van der Waals surface area contributed by atoms with E-state index in [1.807, 2.05) is 60.7 Å². The Morgan fingerprint density at radius 1 is 0.814 bits per heavy atom. The third-order valence-electron chi connectivity index (χ3n) is 6.84. The molecule has 0 aromatic heterocycles. The fraction of sp³-hybridized carbons (Fsp3) is 0.152. The molecule has 4 aromatic carbocycles. The highest BCUT2D eigenvalue weighted by Gasteiger charge is 2.32. The lowest BCUT2D eigenvalue weighted by Crippen LogP contribution is -2.54. The molecular formula is C33H33N5O5. The van der Waals surface area contributed by atoms with Crippen molar-refractivity contribution in [2.75, 3.05) is 6.54 Å². The SMILES string of the molecule is N=C(N)c1cccc(C[C@H](C(=O)NCC(=O)O)N(Cc2ccc(O)cc2)C(=O)NC(c2ccccc2)c2ccccc2)c1. The number of aliphatic carboxylic acids is 1. The van der Waals surface area contributed by atoms with E-state index in [1.54, 1.807) is 36.4 Å². The topological polar surface area (TPSA) is 169 Å². The second-order valence-electron chi connectivity index (χ2n) is 9.94. The van der Waals surface area contributed by atoms with E-state index in [4.69, 9.17) is 11.1 Å². The van der Waals surface area contributed by atoms with Gasteiger partial charge < -0.3 is 31.5 Å². The summed E-state index contributed by atoms with van der Waals surface area (Å²) in [6.07, 6.45) is 0.0133. The number of hydrogen-bond donors (Lipinski definition) is 6. The molecule has 0 unspecified atom stereocenters. The summed E-state index contributed by atoms with van der Waals surface area (Å²) in [4.78, 5) is 40.5. The summed E-state index contributed by atoms with van der Waals surface area (Å²) in [6.45, 7) is -0.659. The molecule has 0 saturated heterocycles. The smallest absolute Gasteiger partial charge is 0.322 e. The van der Waals surface area contributed by atoms with Crippen LogP contribution in [0.5, 0.6) is 5.75 Å². The average molecular weight is 580 g/mol. The molecule has 220 valence electrons. The van der Waals surface area contributed by atoms with Crippen LogP contribution in [0.15, 0.2) is 109 Å². The van der Waals surface area contributed by atoms with Crippen LogP contribution in [0.2, 0.25) is 0 Å². The van der Waals surface area contributed by atoms with Gasteiger partial charge >= 0.3 is 12.0 Å². The number of carboxylic acids is 1. The first kappa shape index (κ1) is 30.3. The Labute approximate surface area is 249 Å². The molecule has 0 aliphatic carbocycles. The number of hydrogen-bond acceptors (Lipinski definition) is 5. The number of rotatable bonds is 12. The zero-order chi connectivity index (χ0) is 30.8. The molecule has 43 heavy (non-hydrogen) atoms. The van der Waals surface area contributed by atoms with Crippen molar-refractivity contribution in [3.8, 4) is 5.75 Å². The van der Waals surface area contributed by atoms with Crippen molar-refractivity contribution in [2.24, 2.45) is 5.73 Å². The van der Waals surface area contributed by atoms with Crippen LogP contribution in [-0.2, 0) is 22.6 Å². The molecule has 0 fully saturated rings. The number of nitrogen functional groups attached to an aromatic ring is 1. The summed E-state index contributed by atoms with van der Waals surface area (Å²) in [5.41, 5.74) is 9.04. The number of amides is 3. The molecule has 0 spiro atoms. The summed E-state index contributed by atoms with van der Waals surface area (Å²) in [5, 5.41) is 32.4. The van der Waals surface area contributed by atoms with Crippen LogP contribution in [0.25, 0.3) is 0 Å². The maximum Gasteiger partial charge on any atom is 0.322 e. The van der Waals surface area contributed by atoms with E-state index in [9.17, 15) is 24.6 Å². The van der Waals surface area contributed by atoms with Crippen LogP contribution in [0.3, 0.4) is 0 Å². The first-order valence-electron chi connectivity index (χ1n) is 13.6. The standard InChI is InChI=1S/C33H33N5O5/c34-31(35)26-13-7-8-23(18-26)19-28(32(42)36-20-29(40)41)38(21-22-14-16-27(39)17-15-22)33(43)37-30(24-9-3-1-4-10-24)25-11-5-2-6-12-25/h1-18,28,30,39H,19-21H2,(H3,34,35)(H,36,42)(H,37,43)(H,40,41)/t28-/m1/s1. The lowest BCUT2D eigenvalue weighted by Gasteiger charge is -2.33. The number of phenolic OH excluding ortho intramolecular Hbond substituents is 1. The predicted molar refractivity (Wildman–Crippen MR) is 163 cm³/mol. The number of carboxylic acid groups (broad SMARTS) is 1. The summed E-state index contributed by atoms with van der Waals surface area (Å²) >= 11 is 0. The van der Waals surface area contributed by atoms with Crippen molar-refractivity contribution < 1.29 is 24.6 Å². The highest BCUT2D eigenvalue weighted by atomic mass is 16.4. The number of phenols is 1. The molecule has 10 nitrogen and oxygen atoms in total. The Bertz CT molecular complexity index is 1520. The van der Waals surface area contributed by atoms with Crippen molar-refractivity contribution in [3.63, 3.8) is 0 Å². The number of urea groups is 1. The number of nitrogens with one attached hydrogen (secondary N) is 3. The molecular weight excluding hydrogens is 546 g/mol. The van der Waals surface area contributed by atoms with Gasteiger partial charge in [-0.15, -0.1) is 0 Å². The third kappa shape index (κ3) is 8.43. The first-order chi connectivity index (χ1) is 20.7. The van der Waals surface area contributed by atoms with Crippen LogP contribution in [-0.4, -0.2) is 51.4 Å². The number of benzene rings is 4. The quantitative estimate of drug-likeness (QED) is 0.110. The van der Waals surface area contributed by atoms with Gasteiger partial charge in [-0.1, -0.05) is 91.0 Å². The molecule has 1 atom stereocenters. The second-order valence-corrected chi connectivity index (χ2v) is 9.94. The van der Waals surface area contributed by atoms with Crippen molar-refractivity contribution in [3.05, 3.63) is 137 Å². The Kier molecular flexibility index (Phi) is 10.1. The molecule has 0 bridgehead atoms. The van der Waals surface area contributed by atoms with Crippen LogP contribution in [0.4, 0.5) is 4.79 Å². The number of carbonyl (C=O) groups excluding carboxylic acids is 2. The van der Waals surface area contributed by atoms with Crippen LogP contribution < -0.4 is 16.4 Å². The monoisotopic (exact) mass is 579 g/mol. The van der Waals surface area contributed by atoms with Crippen molar-refractivity contribution in [1.29, 1.82) is 5.41 Å². The van der Waals surface area contributed by atoms with Crippen molar-refractivity contribution in [2.45, 2.75) is 25.0 Å². The summed E-state index contributed by atoms with van der Waals surface area (Å²) in [6, 6.07) is 29.6. The summed E-state index contributed by atoms with van der Waals surface area (Å²) < 4.78 is 0. The molecule has 0 saturated carbocycles. The van der Waals surface area contributed by atoms with E-state index in [1.165, 1.54) is 17.0 Å². The fourth-order valence-corrected chi connectivity index (χ4v) is 4.69. The molecule has 0 radical (unpaired) electrons. The van der Waals surface area contributed by atoms with Gasteiger partial charge in [0.05, 0.1) is 6.04 Å². The van der Waals surface area contributed by atoms with Crippen molar-refractivity contribution >= 4 is 23.7 Å². The minimum absolute atomic E-state index is 0.0133. The predicted octanol–water partition coefficient (Wildman–Crippen LogP) is 3.79. The maximum atomic E-state index is 14.2. The minimum Gasteiger partial charge on any atom is -0.508 e. The Morgan fingerprint density at radius 3 is 1.98 bits per heavy atom. The van der Waals surface area contributed by atoms with Gasteiger partial charge in [-0.2, -0.15) is 0 Å². The molecule has 10 heteroatoms. The molecule has 0 aliphatic heterocycles. The number of nitrogens with zero attached hydrogens (tertiary/aromatic N) is 1. The first-order valence-corrected chi connectivity index (χ1v) is 13.6. The Balaban J connectivity index is 1.76. The average Bonchev–Trinajstić information content (AvgIpc) is 3.02. The second kappa shape index (κ2) is 14.3. The molecule has 0 heterocycles. The van der Waals surface area contributed by atoms with Gasteiger partial charge in [0.15, 0.2) is 0 Å². The molecule has 0 aliphatic rings. The lowest BCUT2D eigenvalue weighted by molar-refractivity contribution is -0.138. The van der Waals surface area contributed by atoms with Gasteiger partial charge in [0.2, 0.25) is 5.91 Å². The van der Waals surface area contributed by atoms with E-state index >= 15 is 0 Å². The van der Waals surface area contributed by atoms with E-state index in [-0.39, 0.29) is 24.6 Å². The largest absolute Gasteiger partial charge is 0.508 e. The summed E-state index contributed by atoms with van der Waals surface area (Å²) in [5.74, 6) is -2.00. The number of carbonyl (C=O) groups is 3. The Hall–Kier alpha value is -5.64. The molecule has 4 aromatic rings. The highest BCUT2D eigenvalue weighted by molar-refractivity contribution is 5.95. The lowest BCUT2D eigenvalue weighted by atomic mass is 9.98. The van der Waals surface area contributed by atoms with E-state index in [0.717, 1.165) is 11.1 Å². The van der Waals surface area contributed by atoms with Gasteiger partial charge in [-0.3, -0.25) is 15.0 Å². The summed E-state index contributed by atoms with van der Waals surface area (Å²) in [7, 11) is 0. The number of amidine groups is 1. The van der Waals surface area contributed by atoms with E-state index in [2.05, 4.69) is 10.6 Å². The van der Waals surface area contributed by atoms with Gasteiger partial charge in [0.25, 0.3) is 0 Å². The van der Waals surface area contributed by atoms with Gasteiger partial charge in [0, 0.05) is 18.5 Å². The fourth-order valence-electron chi connectivity index (χ4n) is 4.69. The number of aromatic hydroxyl groups is 1. The minimum atomic E-state index is -1.23. The molecule has 7 N–H and O–H groups in total. The van der Waals surface area contributed by atoms with Gasteiger partial charge in [0.1, 0.15) is 24.2 Å². The number of nitrogens with two attached hydrogens (primary N) is 1.